The average Bonchev–Trinajstić information content (AvgIpc) is 2.92. The SMILES string of the molecule is Nc1ccc(N)c(-c2ccsc2CN2CCC(O)CC2)c1. The van der Waals surface area contributed by atoms with E-state index >= 15 is 0 Å². The lowest BCUT2D eigenvalue weighted by Gasteiger charge is -2.29. The Morgan fingerprint density at radius 2 is 1.90 bits per heavy atom. The lowest BCUT2D eigenvalue weighted by Crippen LogP contribution is -2.35. The van der Waals surface area contributed by atoms with E-state index in [1.54, 1.807) is 11.3 Å². The van der Waals surface area contributed by atoms with Crippen molar-refractivity contribution in [1.29, 1.82) is 0 Å². The Balaban J connectivity index is 1.82. The van der Waals surface area contributed by atoms with Crippen molar-refractivity contribution in [3.05, 3.63) is 34.5 Å². The zero-order valence-electron chi connectivity index (χ0n) is 12.0. The highest BCUT2D eigenvalue weighted by Crippen LogP contribution is 2.34. The number of benzene rings is 1. The van der Waals surface area contributed by atoms with E-state index in [0.717, 1.165) is 49.4 Å². The first-order chi connectivity index (χ1) is 10.1. The topological polar surface area (TPSA) is 75.5 Å². The molecule has 1 saturated heterocycles. The number of nitrogen functional groups attached to an aromatic ring is 2. The zero-order valence-corrected chi connectivity index (χ0v) is 12.8. The third-order valence-corrected chi connectivity index (χ3v) is 4.94. The highest BCUT2D eigenvalue weighted by Gasteiger charge is 2.19. The van der Waals surface area contributed by atoms with Crippen LogP contribution < -0.4 is 11.5 Å². The summed E-state index contributed by atoms with van der Waals surface area (Å²) in [5, 5.41) is 11.7. The van der Waals surface area contributed by atoms with Crippen LogP contribution >= 0.6 is 11.3 Å². The van der Waals surface area contributed by atoms with Gasteiger partial charge < -0.3 is 16.6 Å². The molecule has 1 fully saturated rings. The van der Waals surface area contributed by atoms with Gasteiger partial charge in [-0.1, -0.05) is 0 Å². The molecule has 2 heterocycles. The molecular formula is C16H21N3OS. The average molecular weight is 303 g/mol. The van der Waals surface area contributed by atoms with E-state index in [2.05, 4.69) is 16.3 Å². The fourth-order valence-corrected chi connectivity index (χ4v) is 3.72. The van der Waals surface area contributed by atoms with Crippen LogP contribution in [0.3, 0.4) is 0 Å². The van der Waals surface area contributed by atoms with Crippen LogP contribution in [0, 0.1) is 0 Å². The van der Waals surface area contributed by atoms with Crippen molar-refractivity contribution >= 4 is 22.7 Å². The van der Waals surface area contributed by atoms with Crippen LogP contribution in [-0.4, -0.2) is 29.2 Å². The van der Waals surface area contributed by atoms with Crippen molar-refractivity contribution in [2.45, 2.75) is 25.5 Å². The molecule has 112 valence electrons. The van der Waals surface area contributed by atoms with Gasteiger partial charge in [0.25, 0.3) is 0 Å². The smallest absolute Gasteiger partial charge is 0.0564 e. The van der Waals surface area contributed by atoms with Gasteiger partial charge in [0.15, 0.2) is 0 Å². The Bertz CT molecular complexity index is 618. The first kappa shape index (κ1) is 14.4. The molecule has 1 aliphatic heterocycles. The molecular weight excluding hydrogens is 282 g/mol. The van der Waals surface area contributed by atoms with E-state index in [9.17, 15) is 5.11 Å². The molecule has 0 amide bonds. The predicted octanol–water partition coefficient (Wildman–Crippen LogP) is 2.54. The van der Waals surface area contributed by atoms with Gasteiger partial charge in [-0.3, -0.25) is 4.90 Å². The number of hydrogen-bond acceptors (Lipinski definition) is 5. The van der Waals surface area contributed by atoms with E-state index in [0.29, 0.717) is 0 Å². The van der Waals surface area contributed by atoms with Gasteiger partial charge in [-0.2, -0.15) is 0 Å². The van der Waals surface area contributed by atoms with Gasteiger partial charge >= 0.3 is 0 Å². The fraction of sp³-hybridized carbons (Fsp3) is 0.375. The van der Waals surface area contributed by atoms with Gasteiger partial charge in [-0.15, -0.1) is 11.3 Å². The van der Waals surface area contributed by atoms with Gasteiger partial charge in [-0.25, -0.2) is 0 Å². The number of anilines is 2. The molecule has 0 bridgehead atoms. The molecule has 4 nitrogen and oxygen atoms in total. The predicted molar refractivity (Wildman–Crippen MR) is 89.1 cm³/mol. The largest absolute Gasteiger partial charge is 0.399 e. The van der Waals surface area contributed by atoms with Crippen molar-refractivity contribution < 1.29 is 5.11 Å². The minimum atomic E-state index is -0.131. The molecule has 1 aromatic carbocycles. The number of piperidine rings is 1. The maximum atomic E-state index is 9.60. The summed E-state index contributed by atoms with van der Waals surface area (Å²) in [6.07, 6.45) is 1.59. The molecule has 0 unspecified atom stereocenters. The summed E-state index contributed by atoms with van der Waals surface area (Å²) >= 11 is 1.75. The van der Waals surface area contributed by atoms with E-state index in [1.165, 1.54) is 10.4 Å². The normalized spacial score (nSPS) is 17.2. The first-order valence-electron chi connectivity index (χ1n) is 7.25. The molecule has 5 N–H and O–H groups in total. The summed E-state index contributed by atoms with van der Waals surface area (Å²) in [6, 6.07) is 7.75. The maximum Gasteiger partial charge on any atom is 0.0564 e. The number of aliphatic hydroxyl groups excluding tert-OH is 1. The van der Waals surface area contributed by atoms with Crippen LogP contribution in [-0.2, 0) is 6.54 Å². The van der Waals surface area contributed by atoms with E-state index in [4.69, 9.17) is 11.5 Å². The molecule has 0 radical (unpaired) electrons. The van der Waals surface area contributed by atoms with Crippen LogP contribution in [0.2, 0.25) is 0 Å². The minimum absolute atomic E-state index is 0.131. The highest BCUT2D eigenvalue weighted by atomic mass is 32.1. The molecule has 0 saturated carbocycles. The third-order valence-electron chi connectivity index (χ3n) is 4.04. The molecule has 0 atom stereocenters. The Hall–Kier alpha value is -1.56. The molecule has 0 aliphatic carbocycles. The van der Waals surface area contributed by atoms with Crippen LogP contribution in [0.1, 0.15) is 17.7 Å². The number of hydrogen-bond donors (Lipinski definition) is 3. The molecule has 5 heteroatoms. The van der Waals surface area contributed by atoms with Crippen LogP contribution in [0.15, 0.2) is 29.6 Å². The van der Waals surface area contributed by atoms with E-state index in [-0.39, 0.29) is 6.10 Å². The van der Waals surface area contributed by atoms with Crippen molar-refractivity contribution in [1.82, 2.24) is 4.90 Å². The second-order valence-electron chi connectivity index (χ2n) is 5.61. The molecule has 1 aliphatic rings. The lowest BCUT2D eigenvalue weighted by molar-refractivity contribution is 0.0798. The summed E-state index contributed by atoms with van der Waals surface area (Å²) in [6.45, 7) is 2.81. The summed E-state index contributed by atoms with van der Waals surface area (Å²) < 4.78 is 0. The molecule has 2 aromatic rings. The molecule has 21 heavy (non-hydrogen) atoms. The Labute approximate surface area is 129 Å². The van der Waals surface area contributed by atoms with Gasteiger partial charge in [-0.05, 0) is 48.1 Å². The third kappa shape index (κ3) is 3.20. The van der Waals surface area contributed by atoms with Gasteiger partial charge in [0, 0.05) is 41.4 Å². The van der Waals surface area contributed by atoms with Crippen LogP contribution in [0.25, 0.3) is 11.1 Å². The summed E-state index contributed by atoms with van der Waals surface area (Å²) in [5.41, 5.74) is 15.7. The first-order valence-corrected chi connectivity index (χ1v) is 8.13. The van der Waals surface area contributed by atoms with Gasteiger partial charge in [0.1, 0.15) is 0 Å². The number of nitrogens with zero attached hydrogens (tertiary/aromatic N) is 1. The summed E-state index contributed by atoms with van der Waals surface area (Å²) in [7, 11) is 0. The number of aliphatic hydroxyl groups is 1. The standard InChI is InChI=1S/C16H21N3OS/c17-11-1-2-15(18)14(9-11)13-5-8-21-16(13)10-19-6-3-12(20)4-7-19/h1-2,5,8-9,12,20H,3-4,6-7,10,17-18H2. The Morgan fingerprint density at radius 1 is 1.14 bits per heavy atom. The van der Waals surface area contributed by atoms with Gasteiger partial charge in [0.2, 0.25) is 0 Å². The fourth-order valence-electron chi connectivity index (χ4n) is 2.79. The maximum absolute atomic E-state index is 9.60. The highest BCUT2D eigenvalue weighted by molar-refractivity contribution is 7.10. The summed E-state index contributed by atoms with van der Waals surface area (Å²) in [5.74, 6) is 0. The quantitative estimate of drug-likeness (QED) is 0.762. The van der Waals surface area contributed by atoms with Crippen molar-refractivity contribution in [2.75, 3.05) is 24.6 Å². The minimum Gasteiger partial charge on any atom is -0.399 e. The second-order valence-corrected chi connectivity index (χ2v) is 6.61. The van der Waals surface area contributed by atoms with Crippen molar-refractivity contribution in [3.63, 3.8) is 0 Å². The Morgan fingerprint density at radius 3 is 2.67 bits per heavy atom. The number of thiophene rings is 1. The van der Waals surface area contributed by atoms with Crippen LogP contribution in [0.4, 0.5) is 11.4 Å². The van der Waals surface area contributed by atoms with E-state index in [1.807, 2.05) is 18.2 Å². The number of rotatable bonds is 3. The Kier molecular flexibility index (Phi) is 4.14. The molecule has 0 spiro atoms. The molecule has 3 rings (SSSR count). The lowest BCUT2D eigenvalue weighted by atomic mass is 10.0. The monoisotopic (exact) mass is 303 g/mol. The second kappa shape index (κ2) is 6.05. The summed E-state index contributed by atoms with van der Waals surface area (Å²) in [4.78, 5) is 3.70. The number of likely N-dealkylation sites (tertiary alicyclic amines) is 1. The van der Waals surface area contributed by atoms with E-state index < -0.39 is 0 Å². The zero-order chi connectivity index (χ0) is 14.8. The molecule has 1 aromatic heterocycles. The van der Waals surface area contributed by atoms with Crippen molar-refractivity contribution in [2.24, 2.45) is 0 Å². The van der Waals surface area contributed by atoms with Gasteiger partial charge in [0.05, 0.1) is 6.10 Å². The van der Waals surface area contributed by atoms with Crippen LogP contribution in [0.5, 0.6) is 0 Å². The number of nitrogens with two attached hydrogens (primary N) is 2. The van der Waals surface area contributed by atoms with Crippen molar-refractivity contribution in [3.8, 4) is 11.1 Å².